The quantitative estimate of drug-likeness (QED) is 0.846. The molecule has 0 unspecified atom stereocenters. The van der Waals surface area contributed by atoms with E-state index in [1.54, 1.807) is 0 Å². The highest BCUT2D eigenvalue weighted by Crippen LogP contribution is 2.38. The van der Waals surface area contributed by atoms with E-state index in [0.717, 1.165) is 12.5 Å². The average Bonchev–Trinajstić information content (AvgIpc) is 2.81. The van der Waals surface area contributed by atoms with Crippen molar-refractivity contribution in [3.05, 3.63) is 15.6 Å². The molecule has 20 heavy (non-hydrogen) atoms. The molecule has 1 aromatic rings. The highest BCUT2D eigenvalue weighted by molar-refractivity contribution is 7.11. The van der Waals surface area contributed by atoms with Gasteiger partial charge in [0.2, 0.25) is 0 Å². The third-order valence-electron chi connectivity index (χ3n) is 4.05. The SMILES string of the molecule is CC(C)NCc1sc(C2CCCCC2)nc1C(C)(C)C. The Labute approximate surface area is 128 Å². The van der Waals surface area contributed by atoms with Crippen molar-refractivity contribution in [3.8, 4) is 0 Å². The Morgan fingerprint density at radius 1 is 1.20 bits per heavy atom. The first-order valence-corrected chi connectivity index (χ1v) is 8.93. The van der Waals surface area contributed by atoms with Crippen LogP contribution in [0.15, 0.2) is 0 Å². The summed E-state index contributed by atoms with van der Waals surface area (Å²) in [6, 6.07) is 0.531. The molecule has 1 N–H and O–H groups in total. The first kappa shape index (κ1) is 16.0. The molecule has 1 heterocycles. The molecule has 0 bridgehead atoms. The van der Waals surface area contributed by atoms with Crippen LogP contribution in [0.4, 0.5) is 0 Å². The van der Waals surface area contributed by atoms with Crippen LogP contribution in [0, 0.1) is 0 Å². The van der Waals surface area contributed by atoms with Crippen LogP contribution in [0.1, 0.15) is 88.2 Å². The molecule has 0 amide bonds. The second-order valence-electron chi connectivity index (χ2n) is 7.44. The number of nitrogens with one attached hydrogen (secondary N) is 1. The lowest BCUT2D eigenvalue weighted by Crippen LogP contribution is -2.23. The lowest BCUT2D eigenvalue weighted by atomic mass is 9.89. The number of rotatable bonds is 4. The van der Waals surface area contributed by atoms with Crippen LogP contribution in [-0.4, -0.2) is 11.0 Å². The zero-order valence-corrected chi connectivity index (χ0v) is 14.6. The summed E-state index contributed by atoms with van der Waals surface area (Å²) in [5, 5.41) is 4.96. The fourth-order valence-corrected chi connectivity index (χ4v) is 4.29. The van der Waals surface area contributed by atoms with Gasteiger partial charge in [-0.1, -0.05) is 53.9 Å². The maximum absolute atomic E-state index is 5.06. The molecule has 1 aromatic heterocycles. The van der Waals surface area contributed by atoms with Gasteiger partial charge in [-0.15, -0.1) is 11.3 Å². The summed E-state index contributed by atoms with van der Waals surface area (Å²) in [6.45, 7) is 12.2. The molecule has 2 nitrogen and oxygen atoms in total. The van der Waals surface area contributed by atoms with Crippen molar-refractivity contribution in [3.63, 3.8) is 0 Å². The molecular weight excluding hydrogens is 264 g/mol. The Kier molecular flexibility index (Phi) is 5.25. The molecule has 0 spiro atoms. The minimum absolute atomic E-state index is 0.150. The van der Waals surface area contributed by atoms with Crippen molar-refractivity contribution >= 4 is 11.3 Å². The smallest absolute Gasteiger partial charge is 0.0962 e. The van der Waals surface area contributed by atoms with E-state index >= 15 is 0 Å². The molecule has 0 radical (unpaired) electrons. The molecule has 0 aromatic carbocycles. The molecular formula is C17H30N2S. The molecule has 114 valence electrons. The molecule has 3 heteroatoms. The topological polar surface area (TPSA) is 24.9 Å². The van der Waals surface area contributed by atoms with Crippen molar-refractivity contribution in [2.75, 3.05) is 0 Å². The summed E-state index contributed by atoms with van der Waals surface area (Å²) in [5.74, 6) is 0.725. The summed E-state index contributed by atoms with van der Waals surface area (Å²) in [6.07, 6.45) is 6.86. The lowest BCUT2D eigenvalue weighted by molar-refractivity contribution is 0.440. The van der Waals surface area contributed by atoms with E-state index in [9.17, 15) is 0 Å². The van der Waals surface area contributed by atoms with Gasteiger partial charge < -0.3 is 5.32 Å². The molecule has 0 saturated heterocycles. The van der Waals surface area contributed by atoms with Crippen molar-refractivity contribution in [1.29, 1.82) is 0 Å². The Hall–Kier alpha value is -0.410. The van der Waals surface area contributed by atoms with Crippen LogP contribution in [0.25, 0.3) is 0 Å². The van der Waals surface area contributed by atoms with Gasteiger partial charge in [-0.05, 0) is 12.8 Å². The van der Waals surface area contributed by atoms with Gasteiger partial charge in [0.25, 0.3) is 0 Å². The third kappa shape index (κ3) is 4.05. The maximum Gasteiger partial charge on any atom is 0.0962 e. The fourth-order valence-electron chi connectivity index (χ4n) is 2.90. The van der Waals surface area contributed by atoms with E-state index in [4.69, 9.17) is 4.98 Å². The minimum atomic E-state index is 0.150. The zero-order chi connectivity index (χ0) is 14.8. The van der Waals surface area contributed by atoms with Crippen molar-refractivity contribution in [1.82, 2.24) is 10.3 Å². The van der Waals surface area contributed by atoms with E-state index in [2.05, 4.69) is 39.9 Å². The van der Waals surface area contributed by atoms with E-state index in [0.29, 0.717) is 6.04 Å². The number of nitrogens with zero attached hydrogens (tertiary/aromatic N) is 1. The lowest BCUT2D eigenvalue weighted by Gasteiger charge is -2.20. The van der Waals surface area contributed by atoms with Crippen LogP contribution in [-0.2, 0) is 12.0 Å². The summed E-state index contributed by atoms with van der Waals surface area (Å²) in [5.41, 5.74) is 1.47. The van der Waals surface area contributed by atoms with Crippen LogP contribution in [0.2, 0.25) is 0 Å². The molecule has 1 fully saturated rings. The molecule has 2 rings (SSSR count). The van der Waals surface area contributed by atoms with E-state index < -0.39 is 0 Å². The van der Waals surface area contributed by atoms with Gasteiger partial charge >= 0.3 is 0 Å². The summed E-state index contributed by atoms with van der Waals surface area (Å²) in [4.78, 5) is 6.51. The van der Waals surface area contributed by atoms with Gasteiger partial charge in [-0.3, -0.25) is 0 Å². The van der Waals surface area contributed by atoms with Gasteiger partial charge in [0.15, 0.2) is 0 Å². The molecule has 0 aliphatic heterocycles. The van der Waals surface area contributed by atoms with Gasteiger partial charge in [0.05, 0.1) is 10.7 Å². The Morgan fingerprint density at radius 3 is 2.40 bits per heavy atom. The molecule has 0 atom stereocenters. The Bertz CT molecular complexity index is 423. The van der Waals surface area contributed by atoms with Crippen molar-refractivity contribution in [2.24, 2.45) is 0 Å². The third-order valence-corrected chi connectivity index (χ3v) is 5.27. The Morgan fingerprint density at radius 2 is 1.85 bits per heavy atom. The monoisotopic (exact) mass is 294 g/mol. The summed E-state index contributed by atoms with van der Waals surface area (Å²) >= 11 is 1.96. The van der Waals surface area contributed by atoms with Crippen molar-refractivity contribution < 1.29 is 0 Å². The summed E-state index contributed by atoms with van der Waals surface area (Å²) in [7, 11) is 0. The second-order valence-corrected chi connectivity index (χ2v) is 8.56. The zero-order valence-electron chi connectivity index (χ0n) is 13.8. The predicted molar refractivity (Wildman–Crippen MR) is 88.6 cm³/mol. The number of thiazole rings is 1. The van der Waals surface area contributed by atoms with Gasteiger partial charge in [-0.2, -0.15) is 0 Å². The van der Waals surface area contributed by atoms with Crippen LogP contribution in [0.5, 0.6) is 0 Å². The van der Waals surface area contributed by atoms with E-state index in [1.807, 2.05) is 11.3 Å². The Balaban J connectivity index is 2.21. The maximum atomic E-state index is 5.06. The largest absolute Gasteiger partial charge is 0.310 e. The second kappa shape index (κ2) is 6.57. The highest BCUT2D eigenvalue weighted by Gasteiger charge is 2.26. The van der Waals surface area contributed by atoms with Crippen LogP contribution >= 0.6 is 11.3 Å². The van der Waals surface area contributed by atoms with Crippen LogP contribution < -0.4 is 5.32 Å². The number of aromatic nitrogens is 1. The first-order valence-electron chi connectivity index (χ1n) is 8.11. The van der Waals surface area contributed by atoms with E-state index in [-0.39, 0.29) is 5.41 Å². The predicted octanol–water partition coefficient (Wildman–Crippen LogP) is 4.99. The highest BCUT2D eigenvalue weighted by atomic mass is 32.1. The fraction of sp³-hybridized carbons (Fsp3) is 0.824. The number of hydrogen-bond donors (Lipinski definition) is 1. The average molecular weight is 295 g/mol. The summed E-state index contributed by atoms with van der Waals surface area (Å²) < 4.78 is 0. The first-order chi connectivity index (χ1) is 9.38. The number of hydrogen-bond acceptors (Lipinski definition) is 3. The van der Waals surface area contributed by atoms with Gasteiger partial charge in [-0.25, -0.2) is 4.98 Å². The molecule has 1 saturated carbocycles. The van der Waals surface area contributed by atoms with Gasteiger partial charge in [0.1, 0.15) is 0 Å². The van der Waals surface area contributed by atoms with Crippen LogP contribution in [0.3, 0.4) is 0 Å². The normalized spacial score (nSPS) is 17.9. The van der Waals surface area contributed by atoms with Crippen molar-refractivity contribution in [2.45, 2.75) is 90.6 Å². The molecule has 1 aliphatic carbocycles. The van der Waals surface area contributed by atoms with Gasteiger partial charge in [0, 0.05) is 28.8 Å². The standard InChI is InChI=1S/C17H30N2S/c1-12(2)18-11-14-15(17(3,4)5)19-16(20-14)13-9-7-6-8-10-13/h12-13,18H,6-11H2,1-5H3. The molecule has 1 aliphatic rings. The van der Waals surface area contributed by atoms with E-state index in [1.165, 1.54) is 47.7 Å². The minimum Gasteiger partial charge on any atom is -0.310 e.